The van der Waals surface area contributed by atoms with E-state index in [4.69, 9.17) is 9.84 Å². The van der Waals surface area contributed by atoms with Crippen LogP contribution in [0, 0.1) is 0 Å². The summed E-state index contributed by atoms with van der Waals surface area (Å²) in [5.74, 6) is -0.528. The molecule has 0 spiro atoms. The van der Waals surface area contributed by atoms with E-state index in [1.54, 1.807) is 36.4 Å². The van der Waals surface area contributed by atoms with Crippen LogP contribution in [0.2, 0.25) is 5.21 Å². The van der Waals surface area contributed by atoms with Crippen molar-refractivity contribution in [3.05, 3.63) is 60.3 Å². The summed E-state index contributed by atoms with van der Waals surface area (Å²) in [6.07, 6.45) is 0. The summed E-state index contributed by atoms with van der Waals surface area (Å²) < 4.78 is 5.36. The molecule has 126 valence electrons. The van der Waals surface area contributed by atoms with Crippen LogP contribution in [0.25, 0.3) is 10.8 Å². The monoisotopic (exact) mass is 399 g/mol. The maximum atomic E-state index is 12.3. The molecule has 1 unspecified atom stereocenters. The Morgan fingerprint density at radius 3 is 2.32 bits per heavy atom. The van der Waals surface area contributed by atoms with Crippen LogP contribution >= 0.6 is 0 Å². The summed E-state index contributed by atoms with van der Waals surface area (Å²) in [5.41, 5.74) is -0.133. The van der Waals surface area contributed by atoms with Gasteiger partial charge in [-0.1, -0.05) is 0 Å². The molecule has 0 radical (unpaired) electrons. The zero-order chi connectivity index (χ0) is 17.8. The zero-order valence-electron chi connectivity index (χ0n) is 13.0. The van der Waals surface area contributed by atoms with Crippen LogP contribution in [0.15, 0.2) is 54.6 Å². The van der Waals surface area contributed by atoms with E-state index in [-0.39, 0.29) is 22.5 Å². The number of benzene rings is 2. The van der Waals surface area contributed by atoms with Crippen molar-refractivity contribution in [2.24, 2.45) is 0 Å². The molecule has 1 atom stereocenters. The Bertz CT molecular complexity index is 943. The third-order valence-corrected chi connectivity index (χ3v) is 5.60. The van der Waals surface area contributed by atoms with Gasteiger partial charge in [0.05, 0.1) is 0 Å². The van der Waals surface area contributed by atoms with E-state index in [1.807, 2.05) is 18.2 Å². The van der Waals surface area contributed by atoms with Gasteiger partial charge in [0, 0.05) is 0 Å². The first-order valence-corrected chi connectivity index (χ1v) is 9.94. The van der Waals surface area contributed by atoms with Gasteiger partial charge in [0.15, 0.2) is 0 Å². The fourth-order valence-corrected chi connectivity index (χ4v) is 3.67. The van der Waals surface area contributed by atoms with Crippen molar-refractivity contribution in [3.63, 3.8) is 0 Å². The number of rotatable bonds is 6. The first kappa shape index (κ1) is 17.0. The number of aliphatic carboxylic acids is 1. The average molecular weight is 399 g/mol. The maximum absolute atomic E-state index is 12.3. The number of carbonyl (C=O) groups is 2. The fourth-order valence-electron chi connectivity index (χ4n) is 2.29. The van der Waals surface area contributed by atoms with E-state index in [1.165, 1.54) is 0 Å². The normalized spacial score (nSPS) is 11.0. The number of hydrogen-bond donors (Lipinski definition) is 2. The van der Waals surface area contributed by atoms with Crippen molar-refractivity contribution in [2.75, 3.05) is 0 Å². The predicted octanol–water partition coefficient (Wildman–Crippen LogP) is 2.81. The second-order valence-corrected chi connectivity index (χ2v) is 7.59. The Morgan fingerprint density at radius 1 is 1.00 bits per heavy atom. The van der Waals surface area contributed by atoms with E-state index < -0.39 is 26.3 Å². The Morgan fingerprint density at radius 2 is 1.64 bits per heavy atom. The van der Waals surface area contributed by atoms with E-state index in [2.05, 4.69) is 4.98 Å². The molecule has 7 heteroatoms. The zero-order valence-corrected chi connectivity index (χ0v) is 15.1. The molecule has 1 aromatic heterocycles. The summed E-state index contributed by atoms with van der Waals surface area (Å²) in [6, 6.07) is 15.9. The Hall–Kier alpha value is -2.85. The van der Waals surface area contributed by atoms with Crippen molar-refractivity contribution in [1.82, 2.24) is 4.98 Å². The first-order valence-electron chi connectivity index (χ1n) is 7.41. The van der Waals surface area contributed by atoms with E-state index in [9.17, 15) is 14.7 Å². The third kappa shape index (κ3) is 3.80. The molecule has 3 rings (SSSR count). The van der Waals surface area contributed by atoms with Gasteiger partial charge in [0.1, 0.15) is 0 Å². The molecule has 0 saturated heterocycles. The molecule has 0 aliphatic rings. The van der Waals surface area contributed by atoms with Crippen molar-refractivity contribution >= 4 is 37.1 Å². The van der Waals surface area contributed by atoms with Gasteiger partial charge in [0.2, 0.25) is 0 Å². The minimum atomic E-state index is -1.47. The van der Waals surface area contributed by atoms with E-state index in [0.717, 1.165) is 0 Å². The molecule has 0 saturated carbocycles. The number of para-hydroxylation sites is 1. The summed E-state index contributed by atoms with van der Waals surface area (Å²) in [5, 5.41) is 20.0. The van der Waals surface area contributed by atoms with Gasteiger partial charge in [0.25, 0.3) is 0 Å². The van der Waals surface area contributed by atoms with Crippen LogP contribution in [0.4, 0.5) is 0 Å². The van der Waals surface area contributed by atoms with E-state index in [0.29, 0.717) is 16.5 Å². The van der Waals surface area contributed by atoms with Crippen LogP contribution in [0.1, 0.15) is 10.5 Å². The van der Waals surface area contributed by atoms with Crippen molar-refractivity contribution in [2.45, 2.75) is 5.21 Å². The van der Waals surface area contributed by atoms with Crippen molar-refractivity contribution in [3.8, 4) is 17.4 Å². The number of aromatic hydroxyl groups is 1. The van der Waals surface area contributed by atoms with Crippen LogP contribution in [-0.4, -0.2) is 41.5 Å². The van der Waals surface area contributed by atoms with Crippen molar-refractivity contribution in [1.29, 1.82) is 0 Å². The summed E-state index contributed by atoms with van der Waals surface area (Å²) >= 11 is -1.47. The third-order valence-electron chi connectivity index (χ3n) is 3.42. The van der Waals surface area contributed by atoms with Crippen LogP contribution in [0.3, 0.4) is 0 Å². The average Bonchev–Trinajstić information content (AvgIpc) is 2.63. The number of pyridine rings is 1. The molecule has 1 heterocycles. The van der Waals surface area contributed by atoms with Crippen molar-refractivity contribution < 1.29 is 24.5 Å². The Balaban J connectivity index is 2.07. The van der Waals surface area contributed by atoms with Crippen LogP contribution in [-0.2, 0) is 4.79 Å². The topological polar surface area (TPSA) is 96.7 Å². The standard InChI is InChI=1S/C18H14AsNO5/c21-14(22)10-19-17(24)15-16(23)12-8-4-5-9-13(12)18(20-15)25-11-6-2-1-3-7-11/h1-9,19,23H,10H2,(H,21,22). The number of ether oxygens (including phenoxy) is 1. The van der Waals surface area contributed by atoms with Gasteiger partial charge >= 0.3 is 149 Å². The SMILES string of the molecule is O=C(O)C[AsH]C(=O)c1nc(Oc2ccccc2)c2ccccc2c1O. The fraction of sp³-hybridized carbons (Fsp3) is 0.0556. The molecular formula is C18H14AsNO5. The number of nitrogens with zero attached hydrogens (tertiary/aromatic N) is 1. The number of hydrogen-bond acceptors (Lipinski definition) is 5. The van der Waals surface area contributed by atoms with Gasteiger partial charge in [-0.2, -0.15) is 0 Å². The number of carbonyl (C=O) groups excluding carboxylic acids is 1. The number of carboxylic acids is 1. The Kier molecular flexibility index (Phi) is 5.00. The molecule has 0 amide bonds. The minimum absolute atomic E-state index is 0.133. The molecule has 3 aromatic rings. The molecule has 0 aliphatic carbocycles. The first-order chi connectivity index (χ1) is 12.1. The summed E-state index contributed by atoms with van der Waals surface area (Å²) in [4.78, 5) is 27.2. The molecule has 25 heavy (non-hydrogen) atoms. The molecule has 0 aliphatic heterocycles. The van der Waals surface area contributed by atoms with E-state index >= 15 is 0 Å². The summed E-state index contributed by atoms with van der Waals surface area (Å²) in [7, 11) is 0. The van der Waals surface area contributed by atoms with Gasteiger partial charge in [-0.25, -0.2) is 0 Å². The molecule has 2 N–H and O–H groups in total. The number of fused-ring (bicyclic) bond motifs is 1. The Labute approximate surface area is 149 Å². The second kappa shape index (κ2) is 7.36. The number of carboxylic acid groups (broad SMARTS) is 1. The molecule has 2 aromatic carbocycles. The van der Waals surface area contributed by atoms with Gasteiger partial charge < -0.3 is 0 Å². The molecule has 0 fully saturated rings. The van der Waals surface area contributed by atoms with Gasteiger partial charge in [-0.3, -0.25) is 0 Å². The number of aromatic nitrogens is 1. The second-order valence-electron chi connectivity index (χ2n) is 5.15. The molecule has 6 nitrogen and oxygen atoms in total. The molecular weight excluding hydrogens is 385 g/mol. The summed E-state index contributed by atoms with van der Waals surface area (Å²) in [6.45, 7) is 0. The van der Waals surface area contributed by atoms with Crippen LogP contribution in [0.5, 0.6) is 17.4 Å². The van der Waals surface area contributed by atoms with Gasteiger partial charge in [-0.15, -0.1) is 0 Å². The van der Waals surface area contributed by atoms with Gasteiger partial charge in [-0.05, 0) is 0 Å². The molecule has 0 bridgehead atoms. The van der Waals surface area contributed by atoms with Crippen LogP contribution < -0.4 is 4.74 Å². The predicted molar refractivity (Wildman–Crippen MR) is 93.8 cm³/mol. The quantitative estimate of drug-likeness (QED) is 0.619.